The monoisotopic (exact) mass is 605 g/mol. The van der Waals surface area contributed by atoms with Crippen molar-refractivity contribution in [2.24, 2.45) is 0 Å². The molecule has 0 unspecified atom stereocenters. The molecule has 12 heteroatoms. The average Bonchev–Trinajstić information content (AvgIpc) is 3.63. The predicted octanol–water partition coefficient (Wildman–Crippen LogP) is 4.76. The number of sulfonamides is 1. The number of ether oxygens (including phenoxy) is 1. The average molecular weight is 606 g/mol. The Morgan fingerprint density at radius 1 is 1.02 bits per heavy atom. The summed E-state index contributed by atoms with van der Waals surface area (Å²) in [5, 5.41) is 0. The standard InChI is InChI=1S/C30H39N7O3SSi/c1-21-8-6-9-24(32-21)28-29(36-14-7-10-27(36)34-28)22-11-13-31-25(18-22)30-33-23-12-15-35(41(2,38)39)19-26(23)37(30)20-40-16-17-42(3,4)5/h6,8-9,11,13,18H,7,10,12,14-17,19-20H2,1-5H3. The Kier molecular flexibility index (Phi) is 7.67. The van der Waals surface area contributed by atoms with Gasteiger partial charge in [0.25, 0.3) is 0 Å². The minimum absolute atomic E-state index is 0.275. The molecule has 4 aromatic heterocycles. The second kappa shape index (κ2) is 11.1. The highest BCUT2D eigenvalue weighted by Gasteiger charge is 2.30. The summed E-state index contributed by atoms with van der Waals surface area (Å²) in [5.41, 5.74) is 7.24. The molecule has 0 spiro atoms. The summed E-state index contributed by atoms with van der Waals surface area (Å²) < 4.78 is 36.9. The van der Waals surface area contributed by atoms with Gasteiger partial charge in [0.15, 0.2) is 5.82 Å². The lowest BCUT2D eigenvalue weighted by Gasteiger charge is -2.25. The smallest absolute Gasteiger partial charge is 0.211 e. The van der Waals surface area contributed by atoms with Crippen molar-refractivity contribution in [3.8, 4) is 34.2 Å². The summed E-state index contributed by atoms with van der Waals surface area (Å²) in [5.74, 6) is 1.77. The van der Waals surface area contributed by atoms with Crippen LogP contribution >= 0.6 is 0 Å². The first-order chi connectivity index (χ1) is 20.0. The first-order valence-electron chi connectivity index (χ1n) is 14.6. The van der Waals surface area contributed by atoms with Crippen LogP contribution in [0.3, 0.4) is 0 Å². The number of imidazole rings is 2. The third-order valence-electron chi connectivity index (χ3n) is 7.99. The van der Waals surface area contributed by atoms with E-state index in [4.69, 9.17) is 24.7 Å². The molecule has 0 aliphatic carbocycles. The highest BCUT2D eigenvalue weighted by molar-refractivity contribution is 7.88. The van der Waals surface area contributed by atoms with Crippen LogP contribution in [0.1, 0.15) is 29.3 Å². The fraction of sp³-hybridized carbons (Fsp3) is 0.467. The summed E-state index contributed by atoms with van der Waals surface area (Å²) in [7, 11) is -4.60. The molecule has 6 rings (SSSR count). The van der Waals surface area contributed by atoms with Crippen molar-refractivity contribution in [3.05, 3.63) is 59.4 Å². The molecule has 2 aliphatic rings. The van der Waals surface area contributed by atoms with Crippen LogP contribution in [0.4, 0.5) is 0 Å². The first-order valence-corrected chi connectivity index (χ1v) is 20.1. The van der Waals surface area contributed by atoms with Gasteiger partial charge in [0.2, 0.25) is 10.0 Å². The Balaban J connectivity index is 1.42. The summed E-state index contributed by atoms with van der Waals surface area (Å²) >= 11 is 0. The van der Waals surface area contributed by atoms with Crippen LogP contribution in [0, 0.1) is 6.92 Å². The van der Waals surface area contributed by atoms with E-state index in [9.17, 15) is 8.42 Å². The molecule has 0 aromatic carbocycles. The number of aryl methyl sites for hydroxylation is 2. The van der Waals surface area contributed by atoms with Gasteiger partial charge in [-0.05, 0) is 43.7 Å². The second-order valence-corrected chi connectivity index (χ2v) is 20.1. The van der Waals surface area contributed by atoms with Crippen LogP contribution in [0.15, 0.2) is 36.5 Å². The van der Waals surface area contributed by atoms with Gasteiger partial charge in [-0.2, -0.15) is 4.31 Å². The molecule has 222 valence electrons. The lowest BCUT2D eigenvalue weighted by molar-refractivity contribution is 0.0851. The van der Waals surface area contributed by atoms with Crippen molar-refractivity contribution in [1.29, 1.82) is 0 Å². The fourth-order valence-corrected chi connectivity index (χ4v) is 7.25. The van der Waals surface area contributed by atoms with Crippen molar-refractivity contribution >= 4 is 18.1 Å². The van der Waals surface area contributed by atoms with Crippen molar-refractivity contribution in [1.82, 2.24) is 33.4 Å². The van der Waals surface area contributed by atoms with E-state index in [1.54, 1.807) is 0 Å². The summed E-state index contributed by atoms with van der Waals surface area (Å²) in [6.07, 6.45) is 5.65. The van der Waals surface area contributed by atoms with Gasteiger partial charge in [-0.15, -0.1) is 0 Å². The molecule has 0 saturated heterocycles. The zero-order valence-electron chi connectivity index (χ0n) is 25.1. The zero-order chi connectivity index (χ0) is 29.6. The van der Waals surface area contributed by atoms with Crippen molar-refractivity contribution in [2.75, 3.05) is 19.4 Å². The number of aromatic nitrogens is 6. The Bertz CT molecular complexity index is 1740. The van der Waals surface area contributed by atoms with Crippen LogP contribution in [0.2, 0.25) is 25.7 Å². The topological polar surface area (TPSA) is 108 Å². The number of hydrogen-bond acceptors (Lipinski definition) is 7. The number of hydrogen-bond donors (Lipinski definition) is 0. The summed E-state index contributed by atoms with van der Waals surface area (Å²) in [4.78, 5) is 19.6. The van der Waals surface area contributed by atoms with E-state index in [0.717, 1.165) is 76.7 Å². The van der Waals surface area contributed by atoms with Gasteiger partial charge in [-0.25, -0.2) is 18.4 Å². The normalized spacial score (nSPS) is 15.6. The van der Waals surface area contributed by atoms with Gasteiger partial charge < -0.3 is 13.9 Å². The van der Waals surface area contributed by atoms with Crippen LogP contribution in [-0.2, 0) is 47.4 Å². The molecular weight excluding hydrogens is 567 g/mol. The van der Waals surface area contributed by atoms with Gasteiger partial charge in [0, 0.05) is 58.1 Å². The number of rotatable bonds is 9. The van der Waals surface area contributed by atoms with Gasteiger partial charge in [0.05, 0.1) is 35.6 Å². The van der Waals surface area contributed by atoms with E-state index < -0.39 is 18.1 Å². The molecule has 0 radical (unpaired) electrons. The van der Waals surface area contributed by atoms with Crippen LogP contribution in [0.5, 0.6) is 0 Å². The van der Waals surface area contributed by atoms with Crippen LogP contribution < -0.4 is 0 Å². The molecule has 0 atom stereocenters. The van der Waals surface area contributed by atoms with E-state index in [2.05, 4.69) is 30.3 Å². The van der Waals surface area contributed by atoms with Crippen molar-refractivity contribution < 1.29 is 13.2 Å². The second-order valence-electron chi connectivity index (χ2n) is 12.5. The third-order valence-corrected chi connectivity index (χ3v) is 10.9. The van der Waals surface area contributed by atoms with E-state index in [1.165, 1.54) is 10.6 Å². The quantitative estimate of drug-likeness (QED) is 0.200. The predicted molar refractivity (Wildman–Crippen MR) is 166 cm³/mol. The van der Waals surface area contributed by atoms with Crippen LogP contribution in [-0.4, -0.2) is 69.3 Å². The Morgan fingerprint density at radius 3 is 2.62 bits per heavy atom. The third kappa shape index (κ3) is 5.85. The van der Waals surface area contributed by atoms with Gasteiger partial charge in [0.1, 0.15) is 23.9 Å². The van der Waals surface area contributed by atoms with Gasteiger partial charge in [-0.3, -0.25) is 9.97 Å². The fourth-order valence-electron chi connectivity index (χ4n) is 5.71. The lowest BCUT2D eigenvalue weighted by atomic mass is 10.1. The molecule has 42 heavy (non-hydrogen) atoms. The number of fused-ring (bicyclic) bond motifs is 2. The molecule has 10 nitrogen and oxygen atoms in total. The Hall–Kier alpha value is -3.19. The largest absolute Gasteiger partial charge is 0.361 e. The van der Waals surface area contributed by atoms with E-state index in [0.29, 0.717) is 32.1 Å². The first kappa shape index (κ1) is 28.9. The van der Waals surface area contributed by atoms with E-state index >= 15 is 0 Å². The van der Waals surface area contributed by atoms with Crippen molar-refractivity contribution in [2.45, 2.75) is 71.7 Å². The molecule has 2 aliphatic heterocycles. The Labute approximate surface area is 248 Å². The molecule has 6 heterocycles. The molecule has 0 N–H and O–H groups in total. The van der Waals surface area contributed by atoms with E-state index in [1.807, 2.05) is 42.0 Å². The maximum Gasteiger partial charge on any atom is 0.211 e. The number of nitrogens with zero attached hydrogens (tertiary/aromatic N) is 7. The molecule has 0 bridgehead atoms. The minimum atomic E-state index is -3.34. The highest BCUT2D eigenvalue weighted by Crippen LogP contribution is 2.36. The SMILES string of the molecule is Cc1cccc(-c2nc3n(c2-c2ccnc(-c4nc5c(n4COCC[Si](C)(C)C)CN(S(C)(=O)=O)CC5)c2)CCC3)n1. The summed E-state index contributed by atoms with van der Waals surface area (Å²) in [6.45, 7) is 11.5. The maximum absolute atomic E-state index is 12.4. The van der Waals surface area contributed by atoms with Gasteiger partial charge >= 0.3 is 0 Å². The Morgan fingerprint density at radius 2 is 1.86 bits per heavy atom. The molecular formula is C30H39N7O3SSi. The minimum Gasteiger partial charge on any atom is -0.361 e. The molecule has 0 saturated carbocycles. The molecule has 4 aromatic rings. The molecule has 0 fully saturated rings. The van der Waals surface area contributed by atoms with Crippen LogP contribution in [0.25, 0.3) is 34.2 Å². The maximum atomic E-state index is 12.4. The highest BCUT2D eigenvalue weighted by atomic mass is 32.2. The van der Waals surface area contributed by atoms with Gasteiger partial charge in [-0.1, -0.05) is 25.7 Å². The summed E-state index contributed by atoms with van der Waals surface area (Å²) in [6, 6.07) is 11.2. The molecule has 0 amide bonds. The van der Waals surface area contributed by atoms with E-state index in [-0.39, 0.29) is 6.54 Å². The zero-order valence-corrected chi connectivity index (χ0v) is 26.9. The van der Waals surface area contributed by atoms with Crippen molar-refractivity contribution in [3.63, 3.8) is 0 Å². The number of pyridine rings is 2. The lowest BCUT2D eigenvalue weighted by Crippen LogP contribution is -2.36.